The number of hydrogen-bond donors (Lipinski definition) is 1. The molecule has 2 heteroatoms. The fourth-order valence-corrected chi connectivity index (χ4v) is 1.93. The Bertz CT molecular complexity index is 556. The lowest BCUT2D eigenvalue weighted by atomic mass is 10.0. The van der Waals surface area contributed by atoms with Crippen molar-refractivity contribution in [3.05, 3.63) is 64.7 Å². The summed E-state index contributed by atoms with van der Waals surface area (Å²) in [5, 5.41) is 0. The van der Waals surface area contributed by atoms with Crippen LogP contribution >= 0.6 is 12.6 Å². The van der Waals surface area contributed by atoms with Gasteiger partial charge in [0.25, 0.3) is 0 Å². The maximum Gasteiger partial charge on any atom is 0.194 e. The average Bonchev–Trinajstić information content (AvgIpc) is 2.32. The maximum atomic E-state index is 12.3. The molecule has 0 N–H and O–H groups in total. The van der Waals surface area contributed by atoms with Crippen LogP contribution in [0.4, 0.5) is 0 Å². The molecule has 0 radical (unpaired) electrons. The third kappa shape index (κ3) is 2.59. The van der Waals surface area contributed by atoms with Crippen LogP contribution in [-0.4, -0.2) is 5.78 Å². The SMILES string of the molecule is Cc1ccc(C(=O)c2cc(C)ccc2S)cc1. The maximum absolute atomic E-state index is 12.3. The normalized spacial score (nSPS) is 10.3. The molecule has 0 fully saturated rings. The zero-order valence-electron chi connectivity index (χ0n) is 9.90. The van der Waals surface area contributed by atoms with Crippen molar-refractivity contribution in [2.24, 2.45) is 0 Å². The minimum atomic E-state index is 0.0266. The second-order valence-corrected chi connectivity index (χ2v) is 4.70. The summed E-state index contributed by atoms with van der Waals surface area (Å²) in [6, 6.07) is 13.3. The molecule has 17 heavy (non-hydrogen) atoms. The smallest absolute Gasteiger partial charge is 0.194 e. The molecular weight excluding hydrogens is 228 g/mol. The van der Waals surface area contributed by atoms with E-state index in [1.54, 1.807) is 0 Å². The van der Waals surface area contributed by atoms with E-state index in [-0.39, 0.29) is 5.78 Å². The summed E-state index contributed by atoms with van der Waals surface area (Å²) >= 11 is 4.33. The highest BCUT2D eigenvalue weighted by Crippen LogP contribution is 2.19. The third-order valence-electron chi connectivity index (χ3n) is 2.71. The van der Waals surface area contributed by atoms with Crippen molar-refractivity contribution in [3.63, 3.8) is 0 Å². The van der Waals surface area contributed by atoms with E-state index < -0.39 is 0 Å². The van der Waals surface area contributed by atoms with Gasteiger partial charge in [-0.2, -0.15) is 0 Å². The molecule has 0 heterocycles. The zero-order chi connectivity index (χ0) is 12.4. The Labute approximate surface area is 107 Å². The molecule has 0 aliphatic rings. The lowest BCUT2D eigenvalue weighted by Gasteiger charge is -2.06. The fraction of sp³-hybridized carbons (Fsp3) is 0.133. The Kier molecular flexibility index (Phi) is 3.34. The molecule has 0 unspecified atom stereocenters. The van der Waals surface area contributed by atoms with E-state index in [9.17, 15) is 4.79 Å². The van der Waals surface area contributed by atoms with Crippen molar-refractivity contribution < 1.29 is 4.79 Å². The minimum Gasteiger partial charge on any atom is -0.289 e. The number of ketones is 1. The summed E-state index contributed by atoms with van der Waals surface area (Å²) in [5.41, 5.74) is 3.59. The quantitative estimate of drug-likeness (QED) is 0.625. The molecule has 1 nitrogen and oxygen atoms in total. The topological polar surface area (TPSA) is 17.1 Å². The van der Waals surface area contributed by atoms with Gasteiger partial charge in [-0.15, -0.1) is 12.6 Å². The number of rotatable bonds is 2. The summed E-state index contributed by atoms with van der Waals surface area (Å²) in [6.45, 7) is 3.98. The van der Waals surface area contributed by atoms with Gasteiger partial charge in [-0.25, -0.2) is 0 Å². The molecule has 0 aromatic heterocycles. The fourth-order valence-electron chi connectivity index (χ4n) is 1.69. The first kappa shape index (κ1) is 11.9. The van der Waals surface area contributed by atoms with Gasteiger partial charge in [-0.3, -0.25) is 4.79 Å². The Morgan fingerprint density at radius 1 is 0.941 bits per heavy atom. The largest absolute Gasteiger partial charge is 0.289 e. The number of thiol groups is 1. The molecule has 0 amide bonds. The Morgan fingerprint density at radius 2 is 1.53 bits per heavy atom. The van der Waals surface area contributed by atoms with Crippen LogP contribution in [-0.2, 0) is 0 Å². The summed E-state index contributed by atoms with van der Waals surface area (Å²) in [7, 11) is 0. The number of carbonyl (C=O) groups excluding carboxylic acids is 1. The summed E-state index contributed by atoms with van der Waals surface area (Å²) in [6.07, 6.45) is 0. The molecule has 0 saturated carbocycles. The lowest BCUT2D eigenvalue weighted by molar-refractivity contribution is 0.103. The predicted molar refractivity (Wildman–Crippen MR) is 73.0 cm³/mol. The standard InChI is InChI=1S/C15H14OS/c1-10-3-6-12(7-4-10)15(16)13-9-11(2)5-8-14(13)17/h3-9,17H,1-2H3. The van der Waals surface area contributed by atoms with Crippen molar-refractivity contribution in [2.45, 2.75) is 18.7 Å². The zero-order valence-corrected chi connectivity index (χ0v) is 10.8. The number of hydrogen-bond acceptors (Lipinski definition) is 2. The highest BCUT2D eigenvalue weighted by atomic mass is 32.1. The van der Waals surface area contributed by atoms with Crippen molar-refractivity contribution in [2.75, 3.05) is 0 Å². The van der Waals surface area contributed by atoms with E-state index in [4.69, 9.17) is 0 Å². The molecule has 2 aromatic rings. The van der Waals surface area contributed by atoms with Gasteiger partial charge in [0.15, 0.2) is 5.78 Å². The van der Waals surface area contributed by atoms with E-state index in [2.05, 4.69) is 12.6 Å². The van der Waals surface area contributed by atoms with Crippen LogP contribution < -0.4 is 0 Å². The molecular formula is C15H14OS. The Hall–Kier alpha value is -1.54. The second-order valence-electron chi connectivity index (χ2n) is 4.22. The molecule has 0 aliphatic carbocycles. The van der Waals surface area contributed by atoms with Gasteiger partial charge in [0.05, 0.1) is 0 Å². The van der Waals surface area contributed by atoms with Crippen LogP contribution in [0.2, 0.25) is 0 Å². The first-order chi connectivity index (χ1) is 8.08. The molecule has 0 atom stereocenters. The molecule has 0 saturated heterocycles. The minimum absolute atomic E-state index is 0.0266. The van der Waals surface area contributed by atoms with Crippen molar-refractivity contribution in [3.8, 4) is 0 Å². The van der Waals surface area contributed by atoms with E-state index >= 15 is 0 Å². The molecule has 0 bridgehead atoms. The van der Waals surface area contributed by atoms with Crippen molar-refractivity contribution in [1.82, 2.24) is 0 Å². The summed E-state index contributed by atoms with van der Waals surface area (Å²) < 4.78 is 0. The van der Waals surface area contributed by atoms with Gasteiger partial charge in [0.1, 0.15) is 0 Å². The van der Waals surface area contributed by atoms with Crippen LogP contribution in [0, 0.1) is 13.8 Å². The monoisotopic (exact) mass is 242 g/mol. The average molecular weight is 242 g/mol. The van der Waals surface area contributed by atoms with Gasteiger partial charge >= 0.3 is 0 Å². The highest BCUT2D eigenvalue weighted by Gasteiger charge is 2.11. The molecule has 86 valence electrons. The van der Waals surface area contributed by atoms with E-state index in [0.29, 0.717) is 11.1 Å². The van der Waals surface area contributed by atoms with E-state index in [0.717, 1.165) is 16.0 Å². The molecule has 0 aliphatic heterocycles. The number of aryl methyl sites for hydroxylation is 2. The van der Waals surface area contributed by atoms with Crippen LogP contribution in [0.25, 0.3) is 0 Å². The number of benzene rings is 2. The van der Waals surface area contributed by atoms with Crippen molar-refractivity contribution >= 4 is 18.4 Å². The summed E-state index contributed by atoms with van der Waals surface area (Å²) in [4.78, 5) is 13.0. The number of carbonyl (C=O) groups is 1. The van der Waals surface area contributed by atoms with E-state index in [1.165, 1.54) is 0 Å². The van der Waals surface area contributed by atoms with Gasteiger partial charge in [-0.1, -0.05) is 41.5 Å². The van der Waals surface area contributed by atoms with Crippen LogP contribution in [0.15, 0.2) is 47.4 Å². The van der Waals surface area contributed by atoms with Gasteiger partial charge < -0.3 is 0 Å². The molecule has 2 aromatic carbocycles. The second kappa shape index (κ2) is 4.76. The highest BCUT2D eigenvalue weighted by molar-refractivity contribution is 7.80. The molecule has 0 spiro atoms. The van der Waals surface area contributed by atoms with Gasteiger partial charge in [0.2, 0.25) is 0 Å². The first-order valence-corrected chi connectivity index (χ1v) is 5.93. The van der Waals surface area contributed by atoms with Crippen LogP contribution in [0.3, 0.4) is 0 Å². The first-order valence-electron chi connectivity index (χ1n) is 5.49. The van der Waals surface area contributed by atoms with Crippen LogP contribution in [0.5, 0.6) is 0 Å². The third-order valence-corrected chi connectivity index (χ3v) is 3.10. The Balaban J connectivity index is 2.43. The lowest BCUT2D eigenvalue weighted by Crippen LogP contribution is -2.02. The summed E-state index contributed by atoms with van der Waals surface area (Å²) in [5.74, 6) is 0.0266. The van der Waals surface area contributed by atoms with Gasteiger partial charge in [0, 0.05) is 16.0 Å². The van der Waals surface area contributed by atoms with Crippen molar-refractivity contribution in [1.29, 1.82) is 0 Å². The molecule has 2 rings (SSSR count). The van der Waals surface area contributed by atoms with Crippen LogP contribution in [0.1, 0.15) is 27.0 Å². The van der Waals surface area contributed by atoms with Gasteiger partial charge in [-0.05, 0) is 26.0 Å². The van der Waals surface area contributed by atoms with E-state index in [1.807, 2.05) is 56.3 Å². The predicted octanol–water partition coefficient (Wildman–Crippen LogP) is 3.82. The Morgan fingerprint density at radius 3 is 2.18 bits per heavy atom.